The van der Waals surface area contributed by atoms with Crippen molar-refractivity contribution in [2.24, 2.45) is 0 Å². The molecule has 1 aromatic heterocycles. The normalized spacial score (nSPS) is 16.5. The van der Waals surface area contributed by atoms with E-state index >= 15 is 0 Å². The first-order valence-electron chi connectivity index (χ1n) is 9.26. The molecule has 1 N–H and O–H groups in total. The van der Waals surface area contributed by atoms with Crippen LogP contribution in [0.1, 0.15) is 73.2 Å². The molecule has 1 fully saturated rings. The lowest BCUT2D eigenvalue weighted by molar-refractivity contribution is 0.463. The molecule has 2 nitrogen and oxygen atoms in total. The number of aromatic nitrogens is 1. The predicted molar refractivity (Wildman–Crippen MR) is 104 cm³/mol. The molecular weight excluding hydrogens is 312 g/mol. The number of aryl methyl sites for hydroxylation is 1. The van der Waals surface area contributed by atoms with E-state index in [1.807, 2.05) is 11.3 Å². The zero-order chi connectivity index (χ0) is 17.2. The summed E-state index contributed by atoms with van der Waals surface area (Å²) in [5.74, 6) is 0.718. The van der Waals surface area contributed by atoms with Crippen LogP contribution < -0.4 is 5.32 Å². The molecule has 2 heterocycles. The van der Waals surface area contributed by atoms with Crippen molar-refractivity contribution in [2.75, 3.05) is 13.1 Å². The van der Waals surface area contributed by atoms with Gasteiger partial charge in [-0.2, -0.15) is 0 Å². The SMILES string of the molecule is CCc1nc(Cc2ccc(C(C)(C)C)cc2)sc1C1CCNCC1. The molecule has 1 aliphatic heterocycles. The first kappa shape index (κ1) is 17.6. The van der Waals surface area contributed by atoms with Gasteiger partial charge in [-0.05, 0) is 54.8 Å². The van der Waals surface area contributed by atoms with Crippen LogP contribution in [-0.4, -0.2) is 18.1 Å². The number of hydrogen-bond donors (Lipinski definition) is 1. The van der Waals surface area contributed by atoms with E-state index < -0.39 is 0 Å². The van der Waals surface area contributed by atoms with E-state index in [-0.39, 0.29) is 5.41 Å². The maximum atomic E-state index is 4.97. The summed E-state index contributed by atoms with van der Waals surface area (Å²) in [5.41, 5.74) is 4.33. The van der Waals surface area contributed by atoms with Gasteiger partial charge in [-0.1, -0.05) is 52.0 Å². The summed E-state index contributed by atoms with van der Waals surface area (Å²) in [4.78, 5) is 6.52. The van der Waals surface area contributed by atoms with Crippen LogP contribution in [0.4, 0.5) is 0 Å². The molecule has 3 heteroatoms. The summed E-state index contributed by atoms with van der Waals surface area (Å²) in [6, 6.07) is 9.10. The lowest BCUT2D eigenvalue weighted by atomic mass is 9.86. The van der Waals surface area contributed by atoms with Crippen molar-refractivity contribution in [1.29, 1.82) is 0 Å². The monoisotopic (exact) mass is 342 g/mol. The van der Waals surface area contributed by atoms with Gasteiger partial charge in [-0.3, -0.25) is 0 Å². The molecule has 2 aromatic rings. The van der Waals surface area contributed by atoms with Gasteiger partial charge >= 0.3 is 0 Å². The van der Waals surface area contributed by atoms with Gasteiger partial charge in [0.1, 0.15) is 0 Å². The van der Waals surface area contributed by atoms with Gasteiger partial charge in [0.25, 0.3) is 0 Å². The molecule has 1 saturated heterocycles. The molecule has 0 spiro atoms. The van der Waals surface area contributed by atoms with E-state index in [0.717, 1.165) is 31.8 Å². The Hall–Kier alpha value is -1.19. The molecule has 0 bridgehead atoms. The Balaban J connectivity index is 1.76. The number of piperidine rings is 1. The fourth-order valence-electron chi connectivity index (χ4n) is 3.44. The minimum Gasteiger partial charge on any atom is -0.317 e. The molecule has 0 aliphatic carbocycles. The molecular formula is C21H30N2S. The van der Waals surface area contributed by atoms with Crippen molar-refractivity contribution >= 4 is 11.3 Å². The van der Waals surface area contributed by atoms with Crippen molar-refractivity contribution < 1.29 is 0 Å². The molecule has 130 valence electrons. The highest BCUT2D eigenvalue weighted by molar-refractivity contribution is 7.11. The van der Waals surface area contributed by atoms with Gasteiger partial charge in [0, 0.05) is 11.3 Å². The highest BCUT2D eigenvalue weighted by atomic mass is 32.1. The smallest absolute Gasteiger partial charge is 0.0975 e. The number of benzene rings is 1. The van der Waals surface area contributed by atoms with Crippen LogP contribution in [0.2, 0.25) is 0 Å². The average molecular weight is 343 g/mol. The Morgan fingerprint density at radius 1 is 1.12 bits per heavy atom. The van der Waals surface area contributed by atoms with Gasteiger partial charge in [-0.25, -0.2) is 4.98 Å². The first-order chi connectivity index (χ1) is 11.5. The van der Waals surface area contributed by atoms with Gasteiger partial charge in [0.15, 0.2) is 0 Å². The van der Waals surface area contributed by atoms with Crippen LogP contribution in [0.3, 0.4) is 0 Å². The quantitative estimate of drug-likeness (QED) is 0.840. The largest absolute Gasteiger partial charge is 0.317 e. The lowest BCUT2D eigenvalue weighted by Gasteiger charge is -2.22. The van der Waals surface area contributed by atoms with Crippen molar-refractivity contribution in [2.45, 2.75) is 64.7 Å². The maximum absolute atomic E-state index is 4.97. The van der Waals surface area contributed by atoms with Crippen LogP contribution in [0.25, 0.3) is 0 Å². The highest BCUT2D eigenvalue weighted by Crippen LogP contribution is 2.34. The molecule has 1 aliphatic rings. The minimum atomic E-state index is 0.220. The molecule has 0 atom stereocenters. The second-order valence-corrected chi connectivity index (χ2v) is 9.04. The van der Waals surface area contributed by atoms with E-state index in [1.54, 1.807) is 4.88 Å². The van der Waals surface area contributed by atoms with Crippen molar-refractivity contribution in [3.63, 3.8) is 0 Å². The Labute approximate surface area is 150 Å². The zero-order valence-corrected chi connectivity index (χ0v) is 16.3. The van der Waals surface area contributed by atoms with Crippen LogP contribution >= 0.6 is 11.3 Å². The topological polar surface area (TPSA) is 24.9 Å². The summed E-state index contributed by atoms with van der Waals surface area (Å²) >= 11 is 1.96. The average Bonchev–Trinajstić information content (AvgIpc) is 2.98. The number of nitrogens with one attached hydrogen (secondary N) is 1. The van der Waals surface area contributed by atoms with Crippen molar-refractivity contribution in [3.8, 4) is 0 Å². The molecule has 0 saturated carbocycles. The zero-order valence-electron chi connectivity index (χ0n) is 15.5. The molecule has 0 radical (unpaired) electrons. The van der Waals surface area contributed by atoms with E-state index in [4.69, 9.17) is 4.98 Å². The predicted octanol–water partition coefficient (Wildman–Crippen LogP) is 5.06. The molecule has 1 aromatic carbocycles. The third-order valence-electron chi connectivity index (χ3n) is 4.99. The third-order valence-corrected chi connectivity index (χ3v) is 6.25. The van der Waals surface area contributed by atoms with E-state index in [0.29, 0.717) is 0 Å². The fourth-order valence-corrected chi connectivity index (χ4v) is 4.80. The molecule has 3 rings (SSSR count). The number of rotatable bonds is 4. The Bertz CT molecular complexity index is 658. The first-order valence-corrected chi connectivity index (χ1v) is 10.1. The molecule has 0 unspecified atom stereocenters. The minimum absolute atomic E-state index is 0.220. The summed E-state index contributed by atoms with van der Waals surface area (Å²) in [6.45, 7) is 11.3. The summed E-state index contributed by atoms with van der Waals surface area (Å²) in [5, 5.41) is 4.75. The number of thiazole rings is 1. The number of nitrogens with zero attached hydrogens (tertiary/aromatic N) is 1. The van der Waals surface area contributed by atoms with Crippen LogP contribution in [0, 0.1) is 0 Å². The maximum Gasteiger partial charge on any atom is 0.0975 e. The standard InChI is InChI=1S/C21H30N2S/c1-5-18-20(16-10-12-22-13-11-16)24-19(23-18)14-15-6-8-17(9-7-15)21(2,3)4/h6-9,16,22H,5,10-14H2,1-4H3. The van der Waals surface area contributed by atoms with Gasteiger partial charge < -0.3 is 5.32 Å². The summed E-state index contributed by atoms with van der Waals surface area (Å²) in [7, 11) is 0. The molecule has 0 amide bonds. The van der Waals surface area contributed by atoms with Crippen LogP contribution in [0.5, 0.6) is 0 Å². The summed E-state index contributed by atoms with van der Waals surface area (Å²) in [6.07, 6.45) is 4.54. The van der Waals surface area contributed by atoms with Gasteiger partial charge in [0.2, 0.25) is 0 Å². The Morgan fingerprint density at radius 2 is 1.79 bits per heavy atom. The second kappa shape index (κ2) is 7.37. The van der Waals surface area contributed by atoms with Crippen molar-refractivity contribution in [1.82, 2.24) is 10.3 Å². The van der Waals surface area contributed by atoms with Gasteiger partial charge in [-0.15, -0.1) is 11.3 Å². The second-order valence-electron chi connectivity index (χ2n) is 7.92. The van der Waals surface area contributed by atoms with Crippen molar-refractivity contribution in [3.05, 3.63) is 51.0 Å². The van der Waals surface area contributed by atoms with E-state index in [1.165, 1.54) is 34.7 Å². The Kier molecular flexibility index (Phi) is 5.41. The van der Waals surface area contributed by atoms with Gasteiger partial charge in [0.05, 0.1) is 10.7 Å². The number of hydrogen-bond acceptors (Lipinski definition) is 3. The third kappa shape index (κ3) is 4.07. The van der Waals surface area contributed by atoms with Crippen LogP contribution in [-0.2, 0) is 18.3 Å². The molecule has 24 heavy (non-hydrogen) atoms. The van der Waals surface area contributed by atoms with E-state index in [2.05, 4.69) is 57.3 Å². The fraction of sp³-hybridized carbons (Fsp3) is 0.571. The van der Waals surface area contributed by atoms with E-state index in [9.17, 15) is 0 Å². The summed E-state index contributed by atoms with van der Waals surface area (Å²) < 4.78 is 0. The lowest BCUT2D eigenvalue weighted by Crippen LogP contribution is -2.26. The van der Waals surface area contributed by atoms with Crippen LogP contribution in [0.15, 0.2) is 24.3 Å². The Morgan fingerprint density at radius 3 is 2.38 bits per heavy atom. The highest BCUT2D eigenvalue weighted by Gasteiger charge is 2.21.